The normalized spacial score (nSPS) is 11.0. The number of aromatic nitrogens is 1. The Morgan fingerprint density at radius 1 is 1.67 bits per heavy atom. The van der Waals surface area contributed by atoms with Crippen molar-refractivity contribution >= 4 is 38.0 Å². The number of nitrogens with zero attached hydrogens (tertiary/aromatic N) is 2. The first-order valence-corrected chi connectivity index (χ1v) is 7.12. The molecule has 5 nitrogen and oxygen atoms in total. The molecule has 1 heterocycles. The van der Waals surface area contributed by atoms with Crippen molar-refractivity contribution in [3.63, 3.8) is 0 Å². The first kappa shape index (κ1) is 12.2. The molecule has 15 heavy (non-hydrogen) atoms. The Morgan fingerprint density at radius 2 is 2.33 bits per heavy atom. The summed E-state index contributed by atoms with van der Waals surface area (Å²) in [6.45, 7) is 0.242. The molecule has 0 unspecified atom stereocenters. The zero-order valence-corrected chi connectivity index (χ0v) is 10.2. The third-order valence-corrected chi connectivity index (χ3v) is 3.64. The molecule has 1 N–H and O–H groups in total. The topological polar surface area (TPSA) is 82.8 Å². The molecule has 0 bridgehead atoms. The predicted octanol–water partition coefficient (Wildman–Crippen LogP) is 1.12. The molecular weight excluding hydrogens is 258 g/mol. The van der Waals surface area contributed by atoms with E-state index in [1.807, 2.05) is 6.07 Å². The fraction of sp³-hybridized carbons (Fsp3) is 0.429. The summed E-state index contributed by atoms with van der Waals surface area (Å²) in [6, 6.07) is 1.90. The second kappa shape index (κ2) is 4.79. The Morgan fingerprint density at radius 3 is 2.87 bits per heavy atom. The zero-order valence-electron chi connectivity index (χ0n) is 7.82. The minimum absolute atomic E-state index is 0.00733. The quantitative estimate of drug-likeness (QED) is 0.882. The van der Waals surface area contributed by atoms with Gasteiger partial charge in [-0.1, -0.05) is 11.6 Å². The van der Waals surface area contributed by atoms with Gasteiger partial charge in [0.05, 0.1) is 5.75 Å². The van der Waals surface area contributed by atoms with Crippen LogP contribution < -0.4 is 5.32 Å². The van der Waals surface area contributed by atoms with Gasteiger partial charge in [0.2, 0.25) is 0 Å². The lowest BCUT2D eigenvalue weighted by atomic mass is 10.4. The van der Waals surface area contributed by atoms with E-state index in [1.54, 1.807) is 0 Å². The Labute approximate surface area is 96.8 Å². The van der Waals surface area contributed by atoms with Gasteiger partial charge < -0.3 is 5.32 Å². The van der Waals surface area contributed by atoms with Gasteiger partial charge in [-0.3, -0.25) is 0 Å². The van der Waals surface area contributed by atoms with Crippen LogP contribution in [0.25, 0.3) is 0 Å². The summed E-state index contributed by atoms with van der Waals surface area (Å²) in [4.78, 5) is 0. The molecule has 1 rings (SSSR count). The van der Waals surface area contributed by atoms with Crippen molar-refractivity contribution in [2.45, 2.75) is 0 Å². The smallest absolute Gasteiger partial charge is 0.162 e. The van der Waals surface area contributed by atoms with Crippen molar-refractivity contribution in [2.75, 3.05) is 23.9 Å². The van der Waals surface area contributed by atoms with Crippen LogP contribution in [0.2, 0.25) is 5.15 Å². The number of hydrogen-bond donors (Lipinski definition) is 1. The monoisotopic (exact) mass is 265 g/mol. The molecule has 0 aliphatic heterocycles. The maximum absolute atomic E-state index is 10.8. The van der Waals surface area contributed by atoms with Crippen molar-refractivity contribution in [1.82, 2.24) is 4.37 Å². The fourth-order valence-corrected chi connectivity index (χ4v) is 2.27. The van der Waals surface area contributed by atoms with E-state index in [4.69, 9.17) is 16.9 Å². The van der Waals surface area contributed by atoms with Crippen LogP contribution in [0.5, 0.6) is 0 Å². The second-order valence-electron chi connectivity index (χ2n) is 2.85. The average Bonchev–Trinajstić information content (AvgIpc) is 2.44. The summed E-state index contributed by atoms with van der Waals surface area (Å²) in [7, 11) is -3.00. The number of rotatable bonds is 4. The highest BCUT2D eigenvalue weighted by atomic mass is 35.5. The number of nitrogens with one attached hydrogen (secondary N) is 1. The molecule has 0 aromatic carbocycles. The molecule has 0 fully saturated rings. The second-order valence-corrected chi connectivity index (χ2v) is 6.24. The lowest BCUT2D eigenvalue weighted by molar-refractivity contribution is 0.602. The van der Waals surface area contributed by atoms with Crippen LogP contribution >= 0.6 is 23.1 Å². The van der Waals surface area contributed by atoms with Crippen LogP contribution in [0, 0.1) is 11.3 Å². The van der Waals surface area contributed by atoms with Crippen LogP contribution in [0.15, 0.2) is 0 Å². The minimum Gasteiger partial charge on any atom is -0.374 e. The van der Waals surface area contributed by atoms with E-state index in [9.17, 15) is 8.42 Å². The van der Waals surface area contributed by atoms with Gasteiger partial charge in [0.1, 0.15) is 26.5 Å². The summed E-state index contributed by atoms with van der Waals surface area (Å²) in [5.74, 6) is 0.00733. The lowest BCUT2D eigenvalue weighted by Gasteiger charge is -2.01. The highest BCUT2D eigenvalue weighted by Gasteiger charge is 2.11. The van der Waals surface area contributed by atoms with Crippen molar-refractivity contribution in [3.05, 3.63) is 10.7 Å². The van der Waals surface area contributed by atoms with Gasteiger partial charge in [-0.25, -0.2) is 8.42 Å². The molecular formula is C7H8ClN3O2S2. The minimum atomic E-state index is -3.00. The van der Waals surface area contributed by atoms with Gasteiger partial charge in [0.15, 0.2) is 5.15 Å². The number of halogens is 1. The highest BCUT2D eigenvalue weighted by molar-refractivity contribution is 7.90. The largest absolute Gasteiger partial charge is 0.374 e. The number of hydrogen-bond acceptors (Lipinski definition) is 6. The molecule has 0 amide bonds. The van der Waals surface area contributed by atoms with Gasteiger partial charge in [0, 0.05) is 12.8 Å². The van der Waals surface area contributed by atoms with E-state index < -0.39 is 9.84 Å². The molecule has 0 aliphatic carbocycles. The van der Waals surface area contributed by atoms with Crippen LogP contribution in [-0.2, 0) is 9.84 Å². The average molecular weight is 266 g/mol. The van der Waals surface area contributed by atoms with Gasteiger partial charge in [-0.05, 0) is 11.5 Å². The SMILES string of the molecule is CS(=O)(=O)CCNc1snc(Cl)c1C#N. The zero-order chi connectivity index (χ0) is 11.5. The number of nitriles is 1. The molecule has 0 saturated carbocycles. The van der Waals surface area contributed by atoms with E-state index in [1.165, 1.54) is 0 Å². The van der Waals surface area contributed by atoms with E-state index in [2.05, 4.69) is 9.69 Å². The molecule has 0 saturated heterocycles. The van der Waals surface area contributed by atoms with E-state index >= 15 is 0 Å². The first-order valence-electron chi connectivity index (χ1n) is 3.91. The van der Waals surface area contributed by atoms with Gasteiger partial charge >= 0.3 is 0 Å². The van der Waals surface area contributed by atoms with Crippen LogP contribution in [0.3, 0.4) is 0 Å². The Hall–Kier alpha value is -0.840. The summed E-state index contributed by atoms with van der Waals surface area (Å²) < 4.78 is 25.5. The third kappa shape index (κ3) is 3.66. The molecule has 0 radical (unpaired) electrons. The summed E-state index contributed by atoms with van der Waals surface area (Å²) in [5.41, 5.74) is 0.259. The first-order chi connectivity index (χ1) is 6.94. The van der Waals surface area contributed by atoms with E-state index in [0.717, 1.165) is 17.8 Å². The number of anilines is 1. The van der Waals surface area contributed by atoms with Crippen molar-refractivity contribution in [2.24, 2.45) is 0 Å². The fourth-order valence-electron chi connectivity index (χ4n) is 0.838. The van der Waals surface area contributed by atoms with E-state index in [-0.39, 0.29) is 23.0 Å². The third-order valence-electron chi connectivity index (χ3n) is 1.52. The van der Waals surface area contributed by atoms with Gasteiger partial charge in [0.25, 0.3) is 0 Å². The number of sulfone groups is 1. The lowest BCUT2D eigenvalue weighted by Crippen LogP contribution is -2.13. The van der Waals surface area contributed by atoms with Gasteiger partial charge in [-0.2, -0.15) is 9.64 Å². The molecule has 0 atom stereocenters. The van der Waals surface area contributed by atoms with Crippen molar-refractivity contribution < 1.29 is 8.42 Å². The summed E-state index contributed by atoms with van der Waals surface area (Å²) in [6.07, 6.45) is 1.15. The van der Waals surface area contributed by atoms with Gasteiger partial charge in [-0.15, -0.1) is 0 Å². The maximum atomic E-state index is 10.8. The molecule has 1 aromatic heterocycles. The molecule has 8 heteroatoms. The predicted molar refractivity (Wildman–Crippen MR) is 60.0 cm³/mol. The van der Waals surface area contributed by atoms with Crippen molar-refractivity contribution in [3.8, 4) is 6.07 Å². The molecule has 0 aliphatic rings. The Bertz CT molecular complexity index is 489. The molecule has 82 valence electrons. The Balaban J connectivity index is 2.63. The Kier molecular flexibility index (Phi) is 3.90. The van der Waals surface area contributed by atoms with Crippen molar-refractivity contribution in [1.29, 1.82) is 5.26 Å². The highest BCUT2D eigenvalue weighted by Crippen LogP contribution is 2.27. The van der Waals surface area contributed by atoms with Crippen LogP contribution in [0.1, 0.15) is 5.56 Å². The maximum Gasteiger partial charge on any atom is 0.162 e. The van der Waals surface area contributed by atoms with Crippen LogP contribution in [0.4, 0.5) is 5.00 Å². The molecule has 0 spiro atoms. The standard InChI is InChI=1S/C7H8ClN3O2S2/c1-15(12,13)3-2-10-7-5(4-9)6(8)11-14-7/h10H,2-3H2,1H3. The molecule has 1 aromatic rings. The summed E-state index contributed by atoms with van der Waals surface area (Å²) in [5, 5.41) is 12.2. The van der Waals surface area contributed by atoms with E-state index in [0.29, 0.717) is 5.00 Å². The summed E-state index contributed by atoms with van der Waals surface area (Å²) >= 11 is 6.67. The van der Waals surface area contributed by atoms with Crippen LogP contribution in [-0.4, -0.2) is 31.3 Å².